The summed E-state index contributed by atoms with van der Waals surface area (Å²) in [6, 6.07) is 7.07. The van der Waals surface area contributed by atoms with E-state index in [2.05, 4.69) is 65.8 Å². The average molecular weight is 314 g/mol. The Kier molecular flexibility index (Phi) is 4.18. The number of nitrogen functional groups attached to an aromatic ring is 1. The summed E-state index contributed by atoms with van der Waals surface area (Å²) in [5, 5.41) is 7.57. The highest BCUT2D eigenvalue weighted by atomic mass is 32.1. The molecule has 0 aliphatic carbocycles. The van der Waals surface area contributed by atoms with Crippen LogP contribution in [0.15, 0.2) is 29.8 Å². The first-order valence-corrected chi connectivity index (χ1v) is 8.44. The number of hydrogen-bond acceptors (Lipinski definition) is 4. The fourth-order valence-electron chi connectivity index (χ4n) is 2.79. The van der Waals surface area contributed by atoms with Crippen LogP contribution >= 0.6 is 11.3 Å². The van der Waals surface area contributed by atoms with Gasteiger partial charge >= 0.3 is 0 Å². The molecule has 0 saturated heterocycles. The average Bonchev–Trinajstić information content (AvgIpc) is 3.04. The molecule has 1 atom stereocenters. The molecule has 0 aliphatic heterocycles. The molecule has 0 fully saturated rings. The maximum absolute atomic E-state index is 5.80. The summed E-state index contributed by atoms with van der Waals surface area (Å²) in [7, 11) is 0. The Morgan fingerprint density at radius 3 is 2.86 bits per heavy atom. The summed E-state index contributed by atoms with van der Waals surface area (Å²) >= 11 is 1.50. The van der Waals surface area contributed by atoms with Gasteiger partial charge in [-0.1, -0.05) is 25.5 Å². The molecule has 0 spiro atoms. The second-order valence-electron chi connectivity index (χ2n) is 6.05. The lowest BCUT2D eigenvalue weighted by atomic mass is 10.0. The summed E-state index contributed by atoms with van der Waals surface area (Å²) in [5.41, 5.74) is 10.6. The van der Waals surface area contributed by atoms with Crippen molar-refractivity contribution >= 4 is 27.4 Å². The summed E-state index contributed by atoms with van der Waals surface area (Å²) < 4.78 is 0. The molecular weight excluding hydrogens is 292 g/mol. The van der Waals surface area contributed by atoms with Gasteiger partial charge in [0, 0.05) is 28.5 Å². The van der Waals surface area contributed by atoms with Crippen molar-refractivity contribution in [1.29, 1.82) is 0 Å². The van der Waals surface area contributed by atoms with Gasteiger partial charge in [0.15, 0.2) is 5.13 Å². The fourth-order valence-corrected chi connectivity index (χ4v) is 3.41. The smallest absolute Gasteiger partial charge is 0.180 e. The molecule has 2 aromatic heterocycles. The Labute approximate surface area is 134 Å². The van der Waals surface area contributed by atoms with Crippen molar-refractivity contribution in [3.63, 3.8) is 0 Å². The van der Waals surface area contributed by atoms with E-state index in [1.807, 2.05) is 0 Å². The van der Waals surface area contributed by atoms with Crippen molar-refractivity contribution in [3.05, 3.63) is 46.6 Å². The van der Waals surface area contributed by atoms with E-state index in [4.69, 9.17) is 5.73 Å². The van der Waals surface area contributed by atoms with E-state index < -0.39 is 0 Å². The molecule has 0 amide bonds. The van der Waals surface area contributed by atoms with Gasteiger partial charge in [-0.25, -0.2) is 4.98 Å². The minimum Gasteiger partial charge on any atom is -0.375 e. The van der Waals surface area contributed by atoms with Gasteiger partial charge in [-0.2, -0.15) is 0 Å². The normalized spacial score (nSPS) is 13.1. The lowest BCUT2D eigenvalue weighted by Gasteiger charge is -2.19. The fraction of sp³-hybridized carbons (Fsp3) is 0.353. The first-order chi connectivity index (χ1) is 10.5. The van der Waals surface area contributed by atoms with Crippen molar-refractivity contribution in [2.24, 2.45) is 0 Å². The van der Waals surface area contributed by atoms with Gasteiger partial charge in [0.1, 0.15) is 0 Å². The van der Waals surface area contributed by atoms with Crippen molar-refractivity contribution in [3.8, 4) is 0 Å². The minimum absolute atomic E-state index is 0.174. The van der Waals surface area contributed by atoms with Crippen LogP contribution in [0.1, 0.15) is 36.7 Å². The molecule has 4 nitrogen and oxygen atoms in total. The quantitative estimate of drug-likeness (QED) is 0.671. The molecule has 4 N–H and O–H groups in total. The second kappa shape index (κ2) is 6.10. The number of anilines is 1. The Balaban J connectivity index is 1.93. The third-order valence-corrected chi connectivity index (χ3v) is 4.47. The molecule has 3 rings (SSSR count). The summed E-state index contributed by atoms with van der Waals surface area (Å²) in [5.74, 6) is 0. The molecular formula is C17H22N4S. The lowest BCUT2D eigenvalue weighted by Crippen LogP contribution is -2.29. The number of rotatable bonds is 5. The van der Waals surface area contributed by atoms with Gasteiger partial charge in [0.05, 0.1) is 11.7 Å². The molecule has 0 unspecified atom stereocenters. The molecule has 0 radical (unpaired) electrons. The summed E-state index contributed by atoms with van der Waals surface area (Å²) in [4.78, 5) is 7.83. The Morgan fingerprint density at radius 1 is 1.36 bits per heavy atom. The van der Waals surface area contributed by atoms with Crippen LogP contribution in [-0.4, -0.2) is 16.0 Å². The Hall–Kier alpha value is -1.85. The predicted molar refractivity (Wildman–Crippen MR) is 94.3 cm³/mol. The molecule has 1 aromatic carbocycles. The van der Waals surface area contributed by atoms with Crippen LogP contribution in [0.2, 0.25) is 0 Å². The summed E-state index contributed by atoms with van der Waals surface area (Å²) in [6.07, 6.45) is 3.00. The molecule has 116 valence electrons. The maximum Gasteiger partial charge on any atom is 0.180 e. The van der Waals surface area contributed by atoms with Gasteiger partial charge < -0.3 is 16.0 Å². The molecule has 5 heteroatoms. The number of nitrogens with zero attached hydrogens (tertiary/aromatic N) is 1. The molecule has 2 heterocycles. The first-order valence-electron chi connectivity index (χ1n) is 7.56. The van der Waals surface area contributed by atoms with Gasteiger partial charge in [-0.15, -0.1) is 11.3 Å². The number of aryl methyl sites for hydroxylation is 1. The number of fused-ring (bicyclic) bond motifs is 1. The van der Waals surface area contributed by atoms with Crippen LogP contribution in [0.3, 0.4) is 0 Å². The number of nitrogens with one attached hydrogen (secondary N) is 2. The number of benzene rings is 1. The minimum atomic E-state index is 0.174. The molecule has 3 aromatic rings. The number of aromatic nitrogens is 2. The molecule has 0 bridgehead atoms. The number of nitrogens with two attached hydrogens (primary N) is 1. The van der Waals surface area contributed by atoms with Gasteiger partial charge in [-0.3, -0.25) is 0 Å². The van der Waals surface area contributed by atoms with E-state index in [0.29, 0.717) is 11.2 Å². The predicted octanol–water partition coefficient (Wildman–Crippen LogP) is 3.80. The zero-order valence-electron chi connectivity index (χ0n) is 13.2. The highest BCUT2D eigenvalue weighted by molar-refractivity contribution is 7.13. The standard InChI is InChI=1S/C17H22N4S/c1-10(2)20-15(16-9-22-17(18)21-16)7-12-8-19-14-5-4-11(3)6-13(12)14/h4-6,8-10,15,19-20H,7H2,1-3H3,(H2,18,21)/t15-/m0/s1. The third-order valence-electron chi connectivity index (χ3n) is 3.78. The van der Waals surface area contributed by atoms with Crippen LogP contribution in [0.25, 0.3) is 10.9 Å². The van der Waals surface area contributed by atoms with Crippen LogP contribution in [0.4, 0.5) is 5.13 Å². The van der Waals surface area contributed by atoms with E-state index in [0.717, 1.165) is 12.1 Å². The highest BCUT2D eigenvalue weighted by Crippen LogP contribution is 2.27. The van der Waals surface area contributed by atoms with Crippen LogP contribution < -0.4 is 11.1 Å². The number of H-pyrrole nitrogens is 1. The number of aromatic amines is 1. The van der Waals surface area contributed by atoms with E-state index in [-0.39, 0.29) is 6.04 Å². The second-order valence-corrected chi connectivity index (χ2v) is 6.94. The SMILES string of the molecule is Cc1ccc2[nH]cc(C[C@H](NC(C)C)c3csc(N)n3)c2c1. The van der Waals surface area contributed by atoms with Crippen molar-refractivity contribution in [2.45, 2.75) is 39.3 Å². The van der Waals surface area contributed by atoms with E-state index in [1.165, 1.54) is 33.4 Å². The van der Waals surface area contributed by atoms with E-state index >= 15 is 0 Å². The number of hydrogen-bond donors (Lipinski definition) is 3. The Bertz CT molecular complexity index is 772. The van der Waals surface area contributed by atoms with Crippen LogP contribution in [0, 0.1) is 6.92 Å². The maximum atomic E-state index is 5.80. The topological polar surface area (TPSA) is 66.7 Å². The monoisotopic (exact) mass is 314 g/mol. The first kappa shape index (κ1) is 15.1. The van der Waals surface area contributed by atoms with Crippen LogP contribution in [-0.2, 0) is 6.42 Å². The Morgan fingerprint density at radius 2 is 2.18 bits per heavy atom. The van der Waals surface area contributed by atoms with E-state index in [9.17, 15) is 0 Å². The highest BCUT2D eigenvalue weighted by Gasteiger charge is 2.18. The molecule has 0 saturated carbocycles. The zero-order chi connectivity index (χ0) is 15.7. The van der Waals surface area contributed by atoms with Crippen molar-refractivity contribution in [2.75, 3.05) is 5.73 Å². The number of thiazole rings is 1. The molecule has 0 aliphatic rings. The van der Waals surface area contributed by atoms with Crippen LogP contribution in [0.5, 0.6) is 0 Å². The van der Waals surface area contributed by atoms with E-state index in [1.54, 1.807) is 0 Å². The van der Waals surface area contributed by atoms with Crippen molar-refractivity contribution < 1.29 is 0 Å². The lowest BCUT2D eigenvalue weighted by molar-refractivity contribution is 0.469. The summed E-state index contributed by atoms with van der Waals surface area (Å²) in [6.45, 7) is 6.44. The van der Waals surface area contributed by atoms with Gasteiger partial charge in [0.2, 0.25) is 0 Å². The molecule has 22 heavy (non-hydrogen) atoms. The third kappa shape index (κ3) is 3.15. The zero-order valence-corrected chi connectivity index (χ0v) is 14.0. The van der Waals surface area contributed by atoms with Crippen molar-refractivity contribution in [1.82, 2.24) is 15.3 Å². The van der Waals surface area contributed by atoms with Gasteiger partial charge in [-0.05, 0) is 31.0 Å². The van der Waals surface area contributed by atoms with Gasteiger partial charge in [0.25, 0.3) is 0 Å². The largest absolute Gasteiger partial charge is 0.375 e.